The van der Waals surface area contributed by atoms with Gasteiger partial charge in [0.1, 0.15) is 0 Å². The van der Waals surface area contributed by atoms with E-state index in [-0.39, 0.29) is 23.6 Å². The molecule has 1 aromatic heterocycles. The highest BCUT2D eigenvalue weighted by Crippen LogP contribution is 2.32. The van der Waals surface area contributed by atoms with Crippen molar-refractivity contribution in [2.45, 2.75) is 25.7 Å². The van der Waals surface area contributed by atoms with Crippen molar-refractivity contribution in [3.8, 4) is 0 Å². The predicted octanol–water partition coefficient (Wildman–Crippen LogP) is 4.60. The molecule has 4 rings (SSSR count). The Kier molecular flexibility index (Phi) is 4.92. The minimum Gasteiger partial charge on any atom is -0.294 e. The van der Waals surface area contributed by atoms with Crippen molar-refractivity contribution in [1.82, 2.24) is 9.97 Å². The van der Waals surface area contributed by atoms with Crippen LogP contribution in [0.4, 0.5) is 5.95 Å². The lowest BCUT2D eigenvalue weighted by atomic mass is 9.82. The normalized spacial score (nSPS) is 15.8. The molecule has 140 valence electrons. The number of halogens is 1. The number of nitrogens with zero attached hydrogens (tertiary/aromatic N) is 2. The van der Waals surface area contributed by atoms with Gasteiger partial charge < -0.3 is 0 Å². The highest BCUT2D eigenvalue weighted by atomic mass is 35.5. The third-order valence-electron chi connectivity index (χ3n) is 4.90. The molecule has 0 aliphatic heterocycles. The van der Waals surface area contributed by atoms with Crippen LogP contribution in [0.3, 0.4) is 0 Å². The van der Waals surface area contributed by atoms with Crippen molar-refractivity contribution in [3.05, 3.63) is 87.7 Å². The molecule has 0 radical (unpaired) electrons. The first-order valence-corrected chi connectivity index (χ1v) is 9.40. The van der Waals surface area contributed by atoms with E-state index < -0.39 is 0 Å². The van der Waals surface area contributed by atoms with Gasteiger partial charge in [-0.15, -0.1) is 0 Å². The lowest BCUT2D eigenvalue weighted by Crippen LogP contribution is -2.22. The summed E-state index contributed by atoms with van der Waals surface area (Å²) >= 11 is 5.94. The van der Waals surface area contributed by atoms with Gasteiger partial charge in [0.05, 0.1) is 11.3 Å². The Morgan fingerprint density at radius 2 is 1.93 bits per heavy atom. The Labute approximate surface area is 167 Å². The summed E-state index contributed by atoms with van der Waals surface area (Å²) in [7, 11) is 0. The lowest BCUT2D eigenvalue weighted by molar-refractivity contribution is 0.0962. The number of Topliss-reactive ketones (excluding diaryl/α,β-unsaturated/α-hetero) is 1. The summed E-state index contributed by atoms with van der Waals surface area (Å²) in [6.45, 7) is 2.03. The lowest BCUT2D eigenvalue weighted by Gasteiger charge is -2.23. The van der Waals surface area contributed by atoms with Gasteiger partial charge in [0.2, 0.25) is 5.95 Å². The molecular formula is C22H18ClN3O2. The zero-order chi connectivity index (χ0) is 19.7. The predicted molar refractivity (Wildman–Crippen MR) is 108 cm³/mol. The zero-order valence-corrected chi connectivity index (χ0v) is 16.0. The Balaban J connectivity index is 1.57. The monoisotopic (exact) mass is 391 g/mol. The van der Waals surface area contributed by atoms with E-state index in [1.807, 2.05) is 19.1 Å². The highest BCUT2D eigenvalue weighted by Gasteiger charge is 2.28. The highest BCUT2D eigenvalue weighted by molar-refractivity contribution is 6.31. The van der Waals surface area contributed by atoms with E-state index in [1.165, 1.54) is 11.8 Å². The summed E-state index contributed by atoms with van der Waals surface area (Å²) in [5.74, 6) is -0.0627. The fourth-order valence-electron chi connectivity index (χ4n) is 3.38. The van der Waals surface area contributed by atoms with E-state index in [0.717, 1.165) is 5.56 Å². The number of ketones is 1. The van der Waals surface area contributed by atoms with Crippen LogP contribution in [-0.2, 0) is 6.42 Å². The average Bonchev–Trinajstić information content (AvgIpc) is 2.68. The van der Waals surface area contributed by atoms with Crippen molar-refractivity contribution in [3.63, 3.8) is 0 Å². The van der Waals surface area contributed by atoms with Crippen LogP contribution in [0.25, 0.3) is 0 Å². The fourth-order valence-corrected chi connectivity index (χ4v) is 3.57. The van der Waals surface area contributed by atoms with Crippen molar-refractivity contribution in [2.75, 3.05) is 5.32 Å². The van der Waals surface area contributed by atoms with Gasteiger partial charge in [-0.3, -0.25) is 14.9 Å². The maximum Gasteiger partial charge on any atom is 0.258 e. The van der Waals surface area contributed by atoms with Crippen LogP contribution >= 0.6 is 11.6 Å². The number of carbonyl (C=O) groups excluding carboxylic acids is 2. The molecule has 0 spiro atoms. The number of carbonyl (C=O) groups is 2. The SMILES string of the molecule is Cc1ccc([C@@H]2CC(=O)c3cnc(NC(=O)c4cccc(Cl)c4)nc3C2)cc1. The van der Waals surface area contributed by atoms with Crippen LogP contribution in [0, 0.1) is 6.92 Å². The van der Waals surface area contributed by atoms with Crippen molar-refractivity contribution >= 4 is 29.2 Å². The number of hydrogen-bond donors (Lipinski definition) is 1. The summed E-state index contributed by atoms with van der Waals surface area (Å²) in [6, 6.07) is 14.9. The first kappa shape index (κ1) is 18.3. The quantitative estimate of drug-likeness (QED) is 0.708. The smallest absolute Gasteiger partial charge is 0.258 e. The second-order valence-corrected chi connectivity index (χ2v) is 7.39. The topological polar surface area (TPSA) is 72.0 Å². The second-order valence-electron chi connectivity index (χ2n) is 6.96. The number of rotatable bonds is 3. The molecule has 1 heterocycles. The van der Waals surface area contributed by atoms with Crippen molar-refractivity contribution in [2.24, 2.45) is 0 Å². The summed E-state index contributed by atoms with van der Waals surface area (Å²) in [5.41, 5.74) is 3.91. The largest absolute Gasteiger partial charge is 0.294 e. The minimum absolute atomic E-state index is 0.0274. The van der Waals surface area contributed by atoms with Crippen LogP contribution in [0.15, 0.2) is 54.7 Å². The second kappa shape index (κ2) is 7.52. The Hall–Kier alpha value is -3.05. The molecule has 3 aromatic rings. The molecule has 0 bridgehead atoms. The number of benzene rings is 2. The van der Waals surface area contributed by atoms with Crippen LogP contribution in [-0.4, -0.2) is 21.7 Å². The summed E-state index contributed by atoms with van der Waals surface area (Å²) < 4.78 is 0. The molecule has 6 heteroatoms. The molecular weight excluding hydrogens is 374 g/mol. The first-order valence-electron chi connectivity index (χ1n) is 9.02. The van der Waals surface area contributed by atoms with Crippen LogP contribution in [0.1, 0.15) is 49.9 Å². The number of hydrogen-bond acceptors (Lipinski definition) is 4. The minimum atomic E-state index is -0.348. The third kappa shape index (κ3) is 3.80. The standard InChI is InChI=1S/C22H18ClN3O2/c1-13-5-7-14(8-6-13)16-10-19-18(20(27)11-16)12-24-22(25-19)26-21(28)15-3-2-4-17(23)9-15/h2-9,12,16H,10-11H2,1H3,(H,24,25,26,28)/t16-/m0/s1. The van der Waals surface area contributed by atoms with E-state index in [9.17, 15) is 9.59 Å². The molecule has 1 atom stereocenters. The van der Waals surface area contributed by atoms with Gasteiger partial charge in [-0.1, -0.05) is 47.5 Å². The number of nitrogens with one attached hydrogen (secondary N) is 1. The van der Waals surface area contributed by atoms with Gasteiger partial charge in [0.25, 0.3) is 5.91 Å². The zero-order valence-electron chi connectivity index (χ0n) is 15.3. The summed E-state index contributed by atoms with van der Waals surface area (Å²) in [5, 5.41) is 3.16. The van der Waals surface area contributed by atoms with Gasteiger partial charge >= 0.3 is 0 Å². The van der Waals surface area contributed by atoms with E-state index in [1.54, 1.807) is 24.3 Å². The average molecular weight is 392 g/mol. The van der Waals surface area contributed by atoms with Crippen LogP contribution < -0.4 is 5.32 Å². The molecule has 5 nitrogen and oxygen atoms in total. The van der Waals surface area contributed by atoms with Crippen LogP contribution in [0.5, 0.6) is 0 Å². The van der Waals surface area contributed by atoms with Gasteiger partial charge in [0.15, 0.2) is 5.78 Å². The van der Waals surface area contributed by atoms with Gasteiger partial charge in [0, 0.05) is 23.2 Å². The molecule has 0 fully saturated rings. The molecule has 1 aliphatic rings. The van der Waals surface area contributed by atoms with Crippen LogP contribution in [0.2, 0.25) is 5.02 Å². The molecule has 1 amide bonds. The number of fused-ring (bicyclic) bond motifs is 1. The number of anilines is 1. The van der Waals surface area contributed by atoms with E-state index in [2.05, 4.69) is 27.4 Å². The fraction of sp³-hybridized carbons (Fsp3) is 0.182. The Morgan fingerprint density at radius 1 is 1.14 bits per heavy atom. The molecule has 0 saturated carbocycles. The number of aromatic nitrogens is 2. The Bertz CT molecular complexity index is 1060. The molecule has 2 aromatic carbocycles. The van der Waals surface area contributed by atoms with Crippen molar-refractivity contribution in [1.29, 1.82) is 0 Å². The third-order valence-corrected chi connectivity index (χ3v) is 5.14. The van der Waals surface area contributed by atoms with E-state index in [0.29, 0.717) is 34.7 Å². The number of aryl methyl sites for hydroxylation is 1. The maximum absolute atomic E-state index is 12.5. The van der Waals surface area contributed by atoms with Gasteiger partial charge in [-0.2, -0.15) is 0 Å². The Morgan fingerprint density at radius 3 is 2.68 bits per heavy atom. The summed E-state index contributed by atoms with van der Waals surface area (Å²) in [4.78, 5) is 33.5. The maximum atomic E-state index is 12.5. The molecule has 1 aliphatic carbocycles. The molecule has 0 saturated heterocycles. The summed E-state index contributed by atoms with van der Waals surface area (Å²) in [6.07, 6.45) is 2.57. The molecule has 1 N–H and O–H groups in total. The molecule has 0 unspecified atom stereocenters. The molecule has 28 heavy (non-hydrogen) atoms. The van der Waals surface area contributed by atoms with Gasteiger partial charge in [-0.05, 0) is 43.0 Å². The van der Waals surface area contributed by atoms with Crippen molar-refractivity contribution < 1.29 is 9.59 Å². The van der Waals surface area contributed by atoms with E-state index in [4.69, 9.17) is 11.6 Å². The van der Waals surface area contributed by atoms with E-state index >= 15 is 0 Å². The van der Waals surface area contributed by atoms with Gasteiger partial charge in [-0.25, -0.2) is 9.97 Å². The number of amides is 1. The first-order chi connectivity index (χ1) is 13.5.